The number of likely N-dealkylation sites (tertiary alicyclic amines) is 1. The highest BCUT2D eigenvalue weighted by Crippen LogP contribution is 2.39. The van der Waals surface area contributed by atoms with Gasteiger partial charge in [0.05, 0.1) is 30.3 Å². The Labute approximate surface area is 300 Å². The van der Waals surface area contributed by atoms with Crippen molar-refractivity contribution in [2.24, 2.45) is 0 Å². The molecule has 10 nitrogen and oxygen atoms in total. The first-order valence-electron chi connectivity index (χ1n) is 17.5. The Morgan fingerprint density at radius 3 is 2.31 bits per heavy atom. The van der Waals surface area contributed by atoms with Crippen LogP contribution in [0.3, 0.4) is 0 Å². The van der Waals surface area contributed by atoms with Crippen molar-refractivity contribution in [1.82, 2.24) is 9.62 Å². The van der Waals surface area contributed by atoms with Gasteiger partial charge in [0.1, 0.15) is 6.04 Å². The first-order chi connectivity index (χ1) is 24.7. The molecule has 2 saturated heterocycles. The summed E-state index contributed by atoms with van der Waals surface area (Å²) in [5.74, 6) is -0.477. The number of aryl methyl sites for hydroxylation is 1. The summed E-state index contributed by atoms with van der Waals surface area (Å²) >= 11 is 0. The fraction of sp³-hybridized carbons (Fsp3) is 0.375. The number of hydrogen-bond acceptors (Lipinski definition) is 8. The predicted molar refractivity (Wildman–Crippen MR) is 195 cm³/mol. The number of anilines is 1. The van der Waals surface area contributed by atoms with Gasteiger partial charge in [-0.1, -0.05) is 84.4 Å². The summed E-state index contributed by atoms with van der Waals surface area (Å²) in [6.07, 6.45) is 2.11. The minimum Gasteiger partial charge on any atom is -0.392 e. The SMILES string of the molecule is COC[C@@H]1CCCN1C[C@H]1C[C@@H](c2ccc(CO)cc2)O[C@@H](c2ccc(NC(=O)[C@@H](Cc3ccccc3)NS(=O)(=O)c3ccc(C)cc3)cc2)O1. The molecule has 0 aliphatic carbocycles. The number of benzene rings is 4. The van der Waals surface area contributed by atoms with Crippen molar-refractivity contribution in [1.29, 1.82) is 0 Å². The van der Waals surface area contributed by atoms with Crippen LogP contribution in [0.5, 0.6) is 0 Å². The Balaban J connectivity index is 1.18. The number of amides is 1. The van der Waals surface area contributed by atoms with Crippen molar-refractivity contribution < 1.29 is 32.5 Å². The van der Waals surface area contributed by atoms with Crippen molar-refractivity contribution in [3.8, 4) is 0 Å². The summed E-state index contributed by atoms with van der Waals surface area (Å²) in [4.78, 5) is 16.2. The summed E-state index contributed by atoms with van der Waals surface area (Å²) in [7, 11) is -2.24. The van der Waals surface area contributed by atoms with Crippen molar-refractivity contribution in [3.05, 3.63) is 131 Å². The maximum Gasteiger partial charge on any atom is 0.242 e. The number of carbonyl (C=O) groups is 1. The van der Waals surface area contributed by atoms with Gasteiger partial charge in [-0.05, 0) is 73.7 Å². The molecule has 0 aromatic heterocycles. The molecule has 11 heteroatoms. The molecule has 4 aromatic rings. The van der Waals surface area contributed by atoms with E-state index in [1.165, 1.54) is 12.1 Å². The first kappa shape index (κ1) is 36.8. The molecule has 6 rings (SSSR count). The second-order valence-electron chi connectivity index (χ2n) is 13.4. The molecule has 5 atom stereocenters. The second kappa shape index (κ2) is 17.1. The van der Waals surface area contributed by atoms with Gasteiger partial charge < -0.3 is 24.6 Å². The van der Waals surface area contributed by atoms with Gasteiger partial charge in [-0.15, -0.1) is 0 Å². The van der Waals surface area contributed by atoms with E-state index in [1.54, 1.807) is 31.4 Å². The highest BCUT2D eigenvalue weighted by Gasteiger charge is 2.35. The van der Waals surface area contributed by atoms with E-state index in [2.05, 4.69) is 14.9 Å². The minimum atomic E-state index is -3.97. The van der Waals surface area contributed by atoms with E-state index in [-0.39, 0.29) is 30.1 Å². The van der Waals surface area contributed by atoms with Gasteiger partial charge in [0.25, 0.3) is 0 Å². The van der Waals surface area contributed by atoms with Crippen molar-refractivity contribution in [2.75, 3.05) is 32.1 Å². The monoisotopic (exact) mass is 713 g/mol. The molecule has 2 heterocycles. The van der Waals surface area contributed by atoms with Gasteiger partial charge >= 0.3 is 0 Å². The number of nitrogens with zero attached hydrogens (tertiary/aromatic N) is 1. The van der Waals surface area contributed by atoms with Crippen LogP contribution in [0.2, 0.25) is 0 Å². The Morgan fingerprint density at radius 2 is 1.63 bits per heavy atom. The van der Waals surface area contributed by atoms with Crippen LogP contribution < -0.4 is 10.0 Å². The molecule has 3 N–H and O–H groups in total. The molecule has 4 aromatic carbocycles. The molecule has 0 unspecified atom stereocenters. The lowest BCUT2D eigenvalue weighted by atomic mass is 9.99. The van der Waals surface area contributed by atoms with Crippen LogP contribution in [0.25, 0.3) is 0 Å². The van der Waals surface area contributed by atoms with E-state index in [9.17, 15) is 18.3 Å². The summed E-state index contributed by atoms with van der Waals surface area (Å²) in [5, 5.41) is 12.5. The molecule has 0 saturated carbocycles. The highest BCUT2D eigenvalue weighted by molar-refractivity contribution is 7.89. The molecule has 0 radical (unpaired) electrons. The van der Waals surface area contributed by atoms with Gasteiger partial charge in [-0.2, -0.15) is 4.72 Å². The highest BCUT2D eigenvalue weighted by atomic mass is 32.2. The topological polar surface area (TPSA) is 126 Å². The van der Waals surface area contributed by atoms with Gasteiger partial charge in [0.15, 0.2) is 6.29 Å². The van der Waals surface area contributed by atoms with Gasteiger partial charge in [-0.25, -0.2) is 8.42 Å². The lowest BCUT2D eigenvalue weighted by molar-refractivity contribution is -0.253. The average Bonchev–Trinajstić information content (AvgIpc) is 3.58. The van der Waals surface area contributed by atoms with Crippen LogP contribution in [-0.2, 0) is 42.1 Å². The zero-order valence-electron chi connectivity index (χ0n) is 29.1. The number of rotatable bonds is 14. The van der Waals surface area contributed by atoms with Gasteiger partial charge in [0.2, 0.25) is 15.9 Å². The Morgan fingerprint density at radius 1 is 0.922 bits per heavy atom. The van der Waals surface area contributed by atoms with E-state index >= 15 is 0 Å². The summed E-state index contributed by atoms with van der Waals surface area (Å²) in [6.45, 7) is 4.30. The average molecular weight is 714 g/mol. The smallest absolute Gasteiger partial charge is 0.242 e. The van der Waals surface area contributed by atoms with Crippen molar-refractivity contribution in [2.45, 2.75) is 74.7 Å². The number of carbonyl (C=O) groups excluding carboxylic acids is 1. The van der Waals surface area contributed by atoms with Gasteiger partial charge in [-0.3, -0.25) is 9.69 Å². The predicted octanol–water partition coefficient (Wildman–Crippen LogP) is 5.67. The lowest BCUT2D eigenvalue weighted by Crippen LogP contribution is -2.45. The van der Waals surface area contributed by atoms with E-state index in [0.717, 1.165) is 53.7 Å². The molecule has 1 amide bonds. The van der Waals surface area contributed by atoms with E-state index < -0.39 is 28.3 Å². The van der Waals surface area contributed by atoms with E-state index in [0.29, 0.717) is 24.8 Å². The van der Waals surface area contributed by atoms with Crippen LogP contribution >= 0.6 is 0 Å². The maximum absolute atomic E-state index is 13.7. The number of hydrogen-bond donors (Lipinski definition) is 3. The molecular weight excluding hydrogens is 667 g/mol. The lowest BCUT2D eigenvalue weighted by Gasteiger charge is -2.38. The number of methoxy groups -OCH3 is 1. The van der Waals surface area contributed by atoms with Crippen LogP contribution in [0.15, 0.2) is 108 Å². The maximum atomic E-state index is 13.7. The fourth-order valence-corrected chi connectivity index (χ4v) is 7.97. The van der Waals surface area contributed by atoms with Crippen LogP contribution in [0, 0.1) is 6.92 Å². The number of aliphatic hydroxyl groups excluding tert-OH is 1. The zero-order chi connectivity index (χ0) is 35.8. The van der Waals surface area contributed by atoms with Crippen molar-refractivity contribution >= 4 is 21.6 Å². The molecular formula is C40H47N3O7S. The Kier molecular flexibility index (Phi) is 12.3. The Bertz CT molecular complexity index is 1820. The fourth-order valence-electron chi connectivity index (χ4n) is 6.77. The summed E-state index contributed by atoms with van der Waals surface area (Å²) in [5.41, 5.74) is 4.92. The van der Waals surface area contributed by atoms with Crippen LogP contribution in [-0.4, -0.2) is 69.3 Å². The number of ether oxygens (including phenoxy) is 3. The third kappa shape index (κ3) is 9.69. The third-order valence-electron chi connectivity index (χ3n) is 9.59. The van der Waals surface area contributed by atoms with E-state index in [4.69, 9.17) is 14.2 Å². The second-order valence-corrected chi connectivity index (χ2v) is 15.1. The number of sulfonamides is 1. The molecule has 270 valence electrons. The zero-order valence-corrected chi connectivity index (χ0v) is 29.9. The Hall–Kier alpha value is -3.94. The first-order valence-corrected chi connectivity index (χ1v) is 19.0. The third-order valence-corrected chi connectivity index (χ3v) is 11.1. The molecule has 0 spiro atoms. The molecule has 51 heavy (non-hydrogen) atoms. The quantitative estimate of drug-likeness (QED) is 0.153. The number of nitrogens with one attached hydrogen (secondary N) is 2. The van der Waals surface area contributed by atoms with Crippen LogP contribution in [0.1, 0.15) is 59.5 Å². The minimum absolute atomic E-state index is 0.0233. The van der Waals surface area contributed by atoms with Crippen molar-refractivity contribution in [3.63, 3.8) is 0 Å². The largest absolute Gasteiger partial charge is 0.392 e. The van der Waals surface area contributed by atoms with Crippen LogP contribution in [0.4, 0.5) is 5.69 Å². The molecule has 2 aliphatic heterocycles. The molecule has 0 bridgehead atoms. The van der Waals surface area contributed by atoms with E-state index in [1.807, 2.05) is 73.7 Å². The van der Waals surface area contributed by atoms with Gasteiger partial charge in [0, 0.05) is 37.4 Å². The molecule has 2 fully saturated rings. The molecule has 2 aliphatic rings. The summed E-state index contributed by atoms with van der Waals surface area (Å²) < 4.78 is 47.9. The standard InChI is InChI=1S/C40H47N3O7S/c1-28-10-20-36(21-11-28)51(46,47)42-37(23-29-7-4-3-5-8-29)39(45)41-33-18-16-32(17-19-33)40-49-35(25-43-22-6-9-34(43)27-48-2)24-38(50-40)31-14-12-30(26-44)13-15-31/h3-5,7-8,10-21,34-35,37-38,40,42,44H,6,9,22-27H2,1-2H3,(H,41,45)/t34-,35+,37+,38-,40-/m0/s1. The number of aliphatic hydroxyl groups is 1. The normalized spacial score (nSPS) is 21.7. The summed E-state index contributed by atoms with van der Waals surface area (Å²) in [6, 6.07) is 30.2.